The van der Waals surface area contributed by atoms with E-state index >= 15 is 0 Å². The summed E-state index contributed by atoms with van der Waals surface area (Å²) in [4.78, 5) is 25.5. The number of thioether (sulfide) groups is 1. The summed E-state index contributed by atoms with van der Waals surface area (Å²) in [5.74, 6) is 0.700. The molecule has 0 aromatic heterocycles. The normalized spacial score (nSPS) is 16.3. The van der Waals surface area contributed by atoms with Crippen LogP contribution in [0.2, 0.25) is 0 Å². The Labute approximate surface area is 141 Å². The molecule has 2 amide bonds. The van der Waals surface area contributed by atoms with Gasteiger partial charge in [0.05, 0.1) is 19.1 Å². The Hall–Kier alpha value is -1.73. The molecule has 0 N–H and O–H groups in total. The summed E-state index contributed by atoms with van der Waals surface area (Å²) >= 11 is 4.28. The van der Waals surface area contributed by atoms with Gasteiger partial charge < -0.3 is 9.47 Å². The van der Waals surface area contributed by atoms with Crippen LogP contribution in [-0.4, -0.2) is 36.8 Å². The van der Waals surface area contributed by atoms with Gasteiger partial charge in [-0.3, -0.25) is 14.5 Å². The summed E-state index contributed by atoms with van der Waals surface area (Å²) in [5.41, 5.74) is 0.651. The summed E-state index contributed by atoms with van der Waals surface area (Å²) in [5, 5.41) is -0.308. The van der Waals surface area contributed by atoms with Crippen LogP contribution in [0.1, 0.15) is 5.56 Å². The molecule has 2 rings (SSSR count). The van der Waals surface area contributed by atoms with Crippen molar-refractivity contribution in [2.45, 2.75) is 0 Å². The van der Waals surface area contributed by atoms with Crippen LogP contribution in [0.15, 0.2) is 34.2 Å². The maximum absolute atomic E-state index is 12.2. The number of halogens is 1. The molecule has 1 aromatic carbocycles. The molecule has 1 heterocycles. The summed E-state index contributed by atoms with van der Waals surface area (Å²) in [7, 11) is 3.05. The number of amides is 2. The summed E-state index contributed by atoms with van der Waals surface area (Å²) in [6, 6.07) is 3.56. The third kappa shape index (κ3) is 3.20. The fourth-order valence-electron chi connectivity index (χ4n) is 1.99. The average molecular weight is 384 g/mol. The van der Waals surface area contributed by atoms with Gasteiger partial charge in [0.1, 0.15) is 0 Å². The molecule has 1 aliphatic heterocycles. The molecule has 0 spiro atoms. The van der Waals surface area contributed by atoms with E-state index in [1.807, 2.05) is 0 Å². The molecule has 0 bridgehead atoms. The van der Waals surface area contributed by atoms with Gasteiger partial charge in [-0.25, -0.2) is 0 Å². The minimum absolute atomic E-state index is 0.195. The van der Waals surface area contributed by atoms with Crippen LogP contribution in [0.4, 0.5) is 4.79 Å². The largest absolute Gasteiger partial charge is 0.493 e. The van der Waals surface area contributed by atoms with E-state index in [2.05, 4.69) is 22.5 Å². The number of carbonyl (C=O) groups is 2. The lowest BCUT2D eigenvalue weighted by atomic mass is 10.1. The van der Waals surface area contributed by atoms with Crippen LogP contribution in [0.5, 0.6) is 11.5 Å². The highest BCUT2D eigenvalue weighted by molar-refractivity contribution is 9.10. The smallest absolute Gasteiger partial charge is 0.293 e. The monoisotopic (exact) mass is 383 g/mol. The molecule has 1 saturated heterocycles. The van der Waals surface area contributed by atoms with Crippen molar-refractivity contribution in [1.29, 1.82) is 0 Å². The predicted molar refractivity (Wildman–Crippen MR) is 90.1 cm³/mol. The van der Waals surface area contributed by atoms with E-state index in [0.29, 0.717) is 22.0 Å². The molecular formula is C15H14BrNO4S. The number of hydrogen-bond acceptors (Lipinski definition) is 5. The van der Waals surface area contributed by atoms with E-state index in [4.69, 9.17) is 9.47 Å². The quantitative estimate of drug-likeness (QED) is 0.573. The van der Waals surface area contributed by atoms with E-state index in [9.17, 15) is 9.59 Å². The second-order valence-corrected chi connectivity index (χ2v) is 6.22. The van der Waals surface area contributed by atoms with Gasteiger partial charge in [-0.1, -0.05) is 22.0 Å². The number of methoxy groups -OCH3 is 2. The van der Waals surface area contributed by atoms with Crippen LogP contribution in [0.25, 0.3) is 6.08 Å². The molecule has 0 saturated carbocycles. The van der Waals surface area contributed by atoms with E-state index in [-0.39, 0.29) is 17.7 Å². The first-order valence-electron chi connectivity index (χ1n) is 6.29. The van der Waals surface area contributed by atoms with Gasteiger partial charge in [0.25, 0.3) is 11.1 Å². The predicted octanol–water partition coefficient (Wildman–Crippen LogP) is 3.69. The third-order valence-electron chi connectivity index (χ3n) is 2.94. The summed E-state index contributed by atoms with van der Waals surface area (Å²) in [6.07, 6.45) is 3.14. The Balaban J connectivity index is 2.45. The van der Waals surface area contributed by atoms with Crippen LogP contribution >= 0.6 is 27.7 Å². The van der Waals surface area contributed by atoms with Gasteiger partial charge >= 0.3 is 0 Å². The molecule has 7 heteroatoms. The summed E-state index contributed by atoms with van der Waals surface area (Å²) < 4.78 is 11.4. The first-order valence-corrected chi connectivity index (χ1v) is 7.90. The van der Waals surface area contributed by atoms with E-state index in [1.165, 1.54) is 20.3 Å². The zero-order chi connectivity index (χ0) is 16.3. The minimum Gasteiger partial charge on any atom is -0.493 e. The number of carbonyl (C=O) groups excluding carboxylic acids is 2. The van der Waals surface area contributed by atoms with Gasteiger partial charge in [-0.05, 0) is 30.0 Å². The second-order valence-electron chi connectivity index (χ2n) is 4.31. The number of imide groups is 1. The highest BCUT2D eigenvalue weighted by Gasteiger charge is 2.34. The lowest BCUT2D eigenvalue weighted by molar-refractivity contribution is -0.122. The summed E-state index contributed by atoms with van der Waals surface area (Å²) in [6.45, 7) is 3.74. The topological polar surface area (TPSA) is 55.8 Å². The zero-order valence-electron chi connectivity index (χ0n) is 12.1. The Kier molecular flexibility index (Phi) is 5.31. The Morgan fingerprint density at radius 3 is 2.64 bits per heavy atom. The maximum atomic E-state index is 12.2. The van der Waals surface area contributed by atoms with Gasteiger partial charge in [0.15, 0.2) is 11.5 Å². The van der Waals surface area contributed by atoms with Crippen LogP contribution < -0.4 is 9.47 Å². The van der Waals surface area contributed by atoms with Crippen LogP contribution in [0, 0.1) is 0 Å². The number of benzene rings is 1. The molecule has 1 aliphatic rings. The van der Waals surface area contributed by atoms with Crippen LogP contribution in [-0.2, 0) is 4.79 Å². The van der Waals surface area contributed by atoms with E-state index in [0.717, 1.165) is 21.1 Å². The standard InChI is InChI=1S/C15H14BrNO4S/c1-4-5-17-14(18)12(22-15(17)19)7-9-6-10(16)8-11(20-2)13(9)21-3/h4,6-8H,1,5H2,2-3H3/b12-7+. The zero-order valence-corrected chi connectivity index (χ0v) is 14.5. The van der Waals surface area contributed by atoms with E-state index < -0.39 is 0 Å². The van der Waals surface area contributed by atoms with Crippen molar-refractivity contribution in [3.8, 4) is 11.5 Å². The molecule has 1 fully saturated rings. The van der Waals surface area contributed by atoms with Crippen molar-refractivity contribution in [1.82, 2.24) is 4.90 Å². The van der Waals surface area contributed by atoms with Crippen molar-refractivity contribution < 1.29 is 19.1 Å². The number of rotatable bonds is 5. The molecule has 0 radical (unpaired) electrons. The fourth-order valence-corrected chi connectivity index (χ4v) is 3.29. The second kappa shape index (κ2) is 7.02. The van der Waals surface area contributed by atoms with Crippen molar-refractivity contribution in [3.05, 3.63) is 39.7 Å². The number of ether oxygens (including phenoxy) is 2. The maximum Gasteiger partial charge on any atom is 0.293 e. The lowest BCUT2D eigenvalue weighted by Gasteiger charge is -2.11. The lowest BCUT2D eigenvalue weighted by Crippen LogP contribution is -2.27. The highest BCUT2D eigenvalue weighted by Crippen LogP contribution is 2.39. The minimum atomic E-state index is -0.337. The SMILES string of the molecule is C=CCN1C(=O)S/C(=C/c2cc(Br)cc(OC)c2OC)C1=O. The van der Waals surface area contributed by atoms with Crippen LogP contribution in [0.3, 0.4) is 0 Å². The molecule has 5 nitrogen and oxygen atoms in total. The molecule has 22 heavy (non-hydrogen) atoms. The van der Waals surface area contributed by atoms with Gasteiger partial charge in [0.2, 0.25) is 0 Å². The van der Waals surface area contributed by atoms with Gasteiger partial charge in [-0.15, -0.1) is 6.58 Å². The molecular weight excluding hydrogens is 370 g/mol. The first kappa shape index (κ1) is 16.6. The average Bonchev–Trinajstić information content (AvgIpc) is 2.74. The van der Waals surface area contributed by atoms with Gasteiger partial charge in [-0.2, -0.15) is 0 Å². The van der Waals surface area contributed by atoms with Crippen molar-refractivity contribution in [2.75, 3.05) is 20.8 Å². The number of hydrogen-bond donors (Lipinski definition) is 0. The molecule has 0 aliphatic carbocycles. The molecule has 1 aromatic rings. The Bertz CT molecular complexity index is 672. The Morgan fingerprint density at radius 2 is 2.05 bits per heavy atom. The molecule has 0 atom stereocenters. The highest BCUT2D eigenvalue weighted by atomic mass is 79.9. The van der Waals surface area contributed by atoms with Crippen molar-refractivity contribution >= 4 is 44.9 Å². The fraction of sp³-hybridized carbons (Fsp3) is 0.200. The third-order valence-corrected chi connectivity index (χ3v) is 4.31. The molecule has 116 valence electrons. The van der Waals surface area contributed by atoms with E-state index in [1.54, 1.807) is 18.2 Å². The first-order chi connectivity index (χ1) is 10.5. The van der Waals surface area contributed by atoms with Crippen molar-refractivity contribution in [3.63, 3.8) is 0 Å². The van der Waals surface area contributed by atoms with Gasteiger partial charge in [0, 0.05) is 16.6 Å². The number of nitrogens with zero attached hydrogens (tertiary/aromatic N) is 1. The Morgan fingerprint density at radius 1 is 1.32 bits per heavy atom. The van der Waals surface area contributed by atoms with Crippen molar-refractivity contribution in [2.24, 2.45) is 0 Å². The molecule has 0 unspecified atom stereocenters.